The van der Waals surface area contributed by atoms with Gasteiger partial charge < -0.3 is 14.4 Å². The van der Waals surface area contributed by atoms with E-state index >= 15 is 0 Å². The molecule has 15 heteroatoms. The van der Waals surface area contributed by atoms with Gasteiger partial charge in [-0.3, -0.25) is 14.6 Å². The highest BCUT2D eigenvalue weighted by molar-refractivity contribution is 7.98. The number of hydrogen-bond acceptors (Lipinski definition) is 6. The number of benzene rings is 2. The fraction of sp³-hybridized carbons (Fsp3) is 0.552. The Morgan fingerprint density at radius 1 is 0.909 bits per heavy atom. The number of halogens is 8. The molecule has 4 rings (SSSR count). The maximum Gasteiger partial charge on any atom is 0.416 e. The average Bonchev–Trinajstić information content (AvgIpc) is 2.95. The van der Waals surface area contributed by atoms with Gasteiger partial charge in [0.2, 0.25) is 0 Å². The van der Waals surface area contributed by atoms with Crippen molar-refractivity contribution in [1.82, 2.24) is 14.7 Å². The maximum atomic E-state index is 13.7. The first-order chi connectivity index (χ1) is 19.9. The van der Waals surface area contributed by atoms with Crippen LogP contribution >= 0.6 is 36.6 Å². The summed E-state index contributed by atoms with van der Waals surface area (Å²) in [5.74, 6) is -0.524. The van der Waals surface area contributed by atoms with Crippen LogP contribution in [0.1, 0.15) is 27.0 Å². The van der Waals surface area contributed by atoms with Crippen LogP contribution in [0.3, 0.4) is 0 Å². The van der Waals surface area contributed by atoms with E-state index in [9.17, 15) is 31.1 Å². The maximum absolute atomic E-state index is 13.7. The lowest BCUT2D eigenvalue weighted by molar-refractivity contribution is -0.138. The second-order valence-corrected chi connectivity index (χ2v) is 11.4. The largest absolute Gasteiger partial charge is 0.416 e. The van der Waals surface area contributed by atoms with Crippen LogP contribution in [0.4, 0.5) is 26.3 Å². The van der Waals surface area contributed by atoms with Crippen molar-refractivity contribution in [1.29, 1.82) is 0 Å². The molecule has 2 fully saturated rings. The van der Waals surface area contributed by atoms with E-state index in [1.54, 1.807) is 18.3 Å². The van der Waals surface area contributed by atoms with Gasteiger partial charge in [-0.05, 0) is 48.6 Å². The lowest BCUT2D eigenvalue weighted by Crippen LogP contribution is -2.57. The van der Waals surface area contributed by atoms with E-state index in [0.29, 0.717) is 43.3 Å². The molecule has 2 saturated heterocycles. The molecule has 0 radical (unpaired) electrons. The van der Waals surface area contributed by atoms with Crippen molar-refractivity contribution in [2.75, 3.05) is 72.4 Å². The topological polar surface area (TPSA) is 45.2 Å². The van der Waals surface area contributed by atoms with Gasteiger partial charge >= 0.3 is 12.4 Å². The minimum absolute atomic E-state index is 0. The summed E-state index contributed by atoms with van der Waals surface area (Å²) in [6.45, 7) is 5.31. The molecule has 248 valence electrons. The van der Waals surface area contributed by atoms with E-state index in [-0.39, 0.29) is 49.4 Å². The Morgan fingerprint density at radius 3 is 2.14 bits per heavy atom. The Bertz CT molecular complexity index is 1200. The van der Waals surface area contributed by atoms with Gasteiger partial charge in [0, 0.05) is 69.4 Å². The normalized spacial score (nSPS) is 20.1. The number of piperazine rings is 1. The van der Waals surface area contributed by atoms with Crippen molar-refractivity contribution in [3.63, 3.8) is 0 Å². The summed E-state index contributed by atoms with van der Waals surface area (Å²) in [7, 11) is 1.63. The lowest BCUT2D eigenvalue weighted by atomic mass is 9.99. The Kier molecular flexibility index (Phi) is 14.6. The second kappa shape index (κ2) is 16.7. The van der Waals surface area contributed by atoms with Crippen molar-refractivity contribution in [3.05, 3.63) is 64.7 Å². The van der Waals surface area contributed by atoms with E-state index in [4.69, 9.17) is 9.47 Å². The zero-order valence-corrected chi connectivity index (χ0v) is 26.8. The van der Waals surface area contributed by atoms with Crippen LogP contribution in [-0.4, -0.2) is 105 Å². The third kappa shape index (κ3) is 10.4. The molecule has 0 aromatic heterocycles. The molecule has 0 aliphatic carbocycles. The van der Waals surface area contributed by atoms with Crippen LogP contribution in [-0.2, 0) is 28.2 Å². The molecule has 2 heterocycles. The summed E-state index contributed by atoms with van der Waals surface area (Å²) >= 11 is 1.12. The monoisotopic (exact) mass is 691 g/mol. The number of thioether (sulfide) groups is 1. The smallest absolute Gasteiger partial charge is 0.382 e. The molecule has 2 atom stereocenters. The predicted molar refractivity (Wildman–Crippen MR) is 162 cm³/mol. The Hall–Kier alpha value is -1.74. The Labute approximate surface area is 270 Å². The lowest BCUT2D eigenvalue weighted by Gasteiger charge is -2.43. The van der Waals surface area contributed by atoms with Gasteiger partial charge in [-0.1, -0.05) is 12.1 Å². The standard InChI is InChI=1S/C29H35F6N3O3S.2ClH/c1-40-19-25-18-37(11-12-41-25)8-7-36-9-10-38(24(17-36)13-20-3-5-22(6-4-20)28(30,31)32)27(39)21-14-23(29(33,34)35)16-26(15-21)42-2;;/h3-6,14-16,24-25H,7-13,17-19H2,1-2H3;2*1H/t24-,25+;;/m1../s1. The fourth-order valence-electron chi connectivity index (χ4n) is 5.39. The van der Waals surface area contributed by atoms with Gasteiger partial charge in [-0.2, -0.15) is 26.3 Å². The third-order valence-electron chi connectivity index (χ3n) is 7.60. The van der Waals surface area contributed by atoms with Crippen LogP contribution < -0.4 is 0 Å². The summed E-state index contributed by atoms with van der Waals surface area (Å²) in [4.78, 5) is 20.1. The second-order valence-electron chi connectivity index (χ2n) is 10.5. The number of nitrogens with zero attached hydrogens (tertiary/aromatic N) is 3. The van der Waals surface area contributed by atoms with E-state index in [1.165, 1.54) is 18.2 Å². The third-order valence-corrected chi connectivity index (χ3v) is 8.31. The van der Waals surface area contributed by atoms with Crippen molar-refractivity contribution in [2.45, 2.75) is 35.8 Å². The van der Waals surface area contributed by atoms with Crippen molar-refractivity contribution in [2.24, 2.45) is 0 Å². The first-order valence-corrected chi connectivity index (χ1v) is 14.9. The highest BCUT2D eigenvalue weighted by Crippen LogP contribution is 2.34. The zero-order valence-electron chi connectivity index (χ0n) is 24.3. The van der Waals surface area contributed by atoms with Crippen LogP contribution in [0.5, 0.6) is 0 Å². The van der Waals surface area contributed by atoms with Gasteiger partial charge in [0.25, 0.3) is 5.91 Å². The molecule has 1 amide bonds. The van der Waals surface area contributed by atoms with E-state index in [1.807, 2.05) is 0 Å². The Morgan fingerprint density at radius 2 is 1.55 bits per heavy atom. The summed E-state index contributed by atoms with van der Waals surface area (Å²) in [5, 5.41) is 0. The number of carbonyl (C=O) groups excluding carboxylic acids is 1. The van der Waals surface area contributed by atoms with Crippen LogP contribution in [0.15, 0.2) is 47.4 Å². The molecule has 0 bridgehead atoms. The number of amides is 1. The first-order valence-electron chi connectivity index (χ1n) is 13.7. The quantitative estimate of drug-likeness (QED) is 0.237. The molecular weight excluding hydrogens is 655 g/mol. The molecule has 0 spiro atoms. The molecule has 0 saturated carbocycles. The van der Waals surface area contributed by atoms with Crippen molar-refractivity contribution >= 4 is 42.5 Å². The van der Waals surface area contributed by atoms with Crippen molar-refractivity contribution < 1.29 is 40.6 Å². The van der Waals surface area contributed by atoms with E-state index in [0.717, 1.165) is 55.7 Å². The number of methoxy groups -OCH3 is 1. The minimum atomic E-state index is -4.61. The SMILES string of the molecule is COC[C@@H]1CN(CCN2CCN(C(=O)c3cc(SC)cc(C(F)(F)F)c3)[C@H](Cc3ccc(C(F)(F)F)cc3)C2)CCO1.Cl.Cl. The number of ether oxygens (including phenoxy) is 2. The van der Waals surface area contributed by atoms with Gasteiger partial charge in [0.1, 0.15) is 0 Å². The number of hydrogen-bond donors (Lipinski definition) is 0. The van der Waals surface area contributed by atoms with E-state index in [2.05, 4.69) is 9.80 Å². The number of rotatable bonds is 9. The van der Waals surface area contributed by atoms with Gasteiger partial charge in [-0.15, -0.1) is 36.6 Å². The van der Waals surface area contributed by atoms with Crippen LogP contribution in [0.25, 0.3) is 0 Å². The summed E-state index contributed by atoms with van der Waals surface area (Å²) in [5.41, 5.74) is -1.11. The van der Waals surface area contributed by atoms with Crippen molar-refractivity contribution in [3.8, 4) is 0 Å². The molecular formula is C29H37Cl2F6N3O3S. The minimum Gasteiger partial charge on any atom is -0.382 e. The highest BCUT2D eigenvalue weighted by Gasteiger charge is 2.36. The summed E-state index contributed by atoms with van der Waals surface area (Å²) < 4.78 is 91.0. The van der Waals surface area contributed by atoms with Crippen LogP contribution in [0.2, 0.25) is 0 Å². The predicted octanol–water partition coefficient (Wildman–Crippen LogP) is 6.01. The first kappa shape index (κ1) is 38.4. The number of morpholine rings is 1. The van der Waals surface area contributed by atoms with Gasteiger partial charge in [0.05, 0.1) is 30.4 Å². The molecule has 0 N–H and O–H groups in total. The van der Waals surface area contributed by atoms with Gasteiger partial charge in [0.15, 0.2) is 0 Å². The number of alkyl halides is 6. The highest BCUT2D eigenvalue weighted by atomic mass is 35.5. The zero-order chi connectivity index (χ0) is 30.5. The Balaban J connectivity index is 0.00000337. The molecule has 0 unspecified atom stereocenters. The average molecular weight is 693 g/mol. The molecule has 2 aromatic rings. The fourth-order valence-corrected chi connectivity index (χ4v) is 5.88. The van der Waals surface area contributed by atoms with Crippen LogP contribution in [0, 0.1) is 0 Å². The molecule has 2 aliphatic rings. The summed E-state index contributed by atoms with van der Waals surface area (Å²) in [6.07, 6.45) is -7.18. The number of carbonyl (C=O) groups is 1. The molecule has 2 aromatic carbocycles. The molecule has 6 nitrogen and oxygen atoms in total. The molecule has 44 heavy (non-hydrogen) atoms. The van der Waals surface area contributed by atoms with E-state index < -0.39 is 35.4 Å². The van der Waals surface area contributed by atoms with Gasteiger partial charge in [-0.25, -0.2) is 0 Å². The summed E-state index contributed by atoms with van der Waals surface area (Å²) in [6, 6.07) is 7.71. The molecule has 2 aliphatic heterocycles.